The van der Waals surface area contributed by atoms with Crippen LogP contribution in [0.4, 0.5) is 10.2 Å². The van der Waals surface area contributed by atoms with Crippen LogP contribution in [0.25, 0.3) is 10.9 Å². The van der Waals surface area contributed by atoms with Gasteiger partial charge in [-0.3, -0.25) is 0 Å². The maximum absolute atomic E-state index is 14.9. The van der Waals surface area contributed by atoms with Crippen LogP contribution in [-0.4, -0.2) is 65.9 Å². The Hall–Kier alpha value is -1.51. The lowest BCUT2D eigenvalue weighted by atomic mass is 9.95. The molecule has 8 heteroatoms. The van der Waals surface area contributed by atoms with E-state index in [1.54, 1.807) is 6.07 Å². The molecule has 2 aliphatic rings. The second-order valence-corrected chi connectivity index (χ2v) is 9.99. The second kappa shape index (κ2) is 7.63. The van der Waals surface area contributed by atoms with Crippen LogP contribution < -0.4 is 9.64 Å². The van der Waals surface area contributed by atoms with Crippen LogP contribution in [0.3, 0.4) is 0 Å². The molecule has 1 saturated heterocycles. The Morgan fingerprint density at radius 2 is 2.03 bits per heavy atom. The van der Waals surface area contributed by atoms with Crippen LogP contribution in [0.2, 0.25) is 0 Å². The minimum absolute atomic E-state index is 0.132. The molecular formula is C21H28BrFN4O2. The fraction of sp³-hybridized carbons (Fsp3) is 0.619. The largest absolute Gasteiger partial charge is 0.463 e. The Kier molecular flexibility index (Phi) is 5.46. The standard InChI is InChI=1S/C21H28BrFN4O2/c1-20(28)7-4-10-27(11-20)18-14-5-6-15(22)16(23)17(14)24-19(25-18)29-13-21(8-9-21)12-26(2)3/h5-6,28H,4,7-13H2,1-3H3. The zero-order valence-corrected chi connectivity index (χ0v) is 18.8. The molecular weight excluding hydrogens is 439 g/mol. The number of piperidine rings is 1. The third-order valence-corrected chi connectivity index (χ3v) is 6.42. The maximum Gasteiger partial charge on any atom is 0.319 e. The van der Waals surface area contributed by atoms with E-state index in [0.717, 1.165) is 38.8 Å². The number of halogens is 2. The highest BCUT2D eigenvalue weighted by atomic mass is 79.9. The van der Waals surface area contributed by atoms with E-state index in [4.69, 9.17) is 4.74 Å². The number of rotatable bonds is 6. The van der Waals surface area contributed by atoms with Crippen molar-refractivity contribution in [1.29, 1.82) is 0 Å². The molecule has 2 aromatic rings. The van der Waals surface area contributed by atoms with Gasteiger partial charge in [-0.1, -0.05) is 0 Å². The van der Waals surface area contributed by atoms with Gasteiger partial charge in [0.1, 0.15) is 11.3 Å². The van der Waals surface area contributed by atoms with E-state index >= 15 is 0 Å². The number of aromatic nitrogens is 2. The third kappa shape index (κ3) is 4.49. The van der Waals surface area contributed by atoms with Crippen LogP contribution in [0.15, 0.2) is 16.6 Å². The molecule has 4 rings (SSSR count). The number of anilines is 1. The quantitative estimate of drug-likeness (QED) is 0.701. The number of aliphatic hydroxyl groups is 1. The Morgan fingerprint density at radius 3 is 2.69 bits per heavy atom. The molecule has 1 aromatic heterocycles. The minimum atomic E-state index is -0.797. The lowest BCUT2D eigenvalue weighted by Gasteiger charge is -2.38. The van der Waals surface area contributed by atoms with Gasteiger partial charge in [-0.15, -0.1) is 0 Å². The Balaban J connectivity index is 1.69. The van der Waals surface area contributed by atoms with Gasteiger partial charge in [0.25, 0.3) is 0 Å². The molecule has 0 radical (unpaired) electrons. The molecule has 29 heavy (non-hydrogen) atoms. The van der Waals surface area contributed by atoms with Gasteiger partial charge < -0.3 is 19.6 Å². The number of nitrogens with zero attached hydrogens (tertiary/aromatic N) is 4. The van der Waals surface area contributed by atoms with E-state index in [1.807, 2.05) is 17.9 Å². The maximum atomic E-state index is 14.9. The zero-order chi connectivity index (χ0) is 20.8. The monoisotopic (exact) mass is 466 g/mol. The molecule has 1 atom stereocenters. The predicted molar refractivity (Wildman–Crippen MR) is 115 cm³/mol. The lowest BCUT2D eigenvalue weighted by Crippen LogP contribution is -2.46. The van der Waals surface area contributed by atoms with Crippen molar-refractivity contribution in [3.05, 3.63) is 22.4 Å². The minimum Gasteiger partial charge on any atom is -0.463 e. The lowest BCUT2D eigenvalue weighted by molar-refractivity contribution is 0.0447. The molecule has 1 aliphatic carbocycles. The first-order valence-corrected chi connectivity index (χ1v) is 10.9. The van der Waals surface area contributed by atoms with Gasteiger partial charge >= 0.3 is 6.01 Å². The summed E-state index contributed by atoms with van der Waals surface area (Å²) in [5.41, 5.74) is -0.428. The molecule has 1 saturated carbocycles. The first-order chi connectivity index (χ1) is 13.7. The van der Waals surface area contributed by atoms with Crippen LogP contribution >= 0.6 is 15.9 Å². The highest BCUT2D eigenvalue weighted by molar-refractivity contribution is 9.10. The van der Waals surface area contributed by atoms with Gasteiger partial charge in [-0.25, -0.2) is 4.39 Å². The average molecular weight is 467 g/mol. The molecule has 0 amide bonds. The molecule has 6 nitrogen and oxygen atoms in total. The van der Waals surface area contributed by atoms with E-state index in [-0.39, 0.29) is 16.9 Å². The Bertz CT molecular complexity index is 917. The Labute approximate surface area is 179 Å². The first-order valence-electron chi connectivity index (χ1n) is 10.1. The number of hydrogen-bond donors (Lipinski definition) is 1. The van der Waals surface area contributed by atoms with Gasteiger partial charge in [0.05, 0.1) is 16.7 Å². The number of benzene rings is 1. The summed E-state index contributed by atoms with van der Waals surface area (Å²) in [6, 6.07) is 3.68. The summed E-state index contributed by atoms with van der Waals surface area (Å²) in [6.07, 6.45) is 3.81. The molecule has 2 heterocycles. The van der Waals surface area contributed by atoms with Gasteiger partial charge in [0, 0.05) is 30.4 Å². The highest BCUT2D eigenvalue weighted by Gasteiger charge is 2.44. The van der Waals surface area contributed by atoms with E-state index in [0.29, 0.717) is 28.8 Å². The van der Waals surface area contributed by atoms with Crippen molar-refractivity contribution in [3.8, 4) is 6.01 Å². The summed E-state index contributed by atoms with van der Waals surface area (Å²) in [5.74, 6) is 0.197. The first kappa shape index (κ1) is 20.8. The fourth-order valence-corrected chi connectivity index (χ4v) is 4.54. The normalized spacial score (nSPS) is 23.6. The van der Waals surface area contributed by atoms with Crippen LogP contribution in [0.5, 0.6) is 6.01 Å². The molecule has 0 spiro atoms. The number of hydrogen-bond acceptors (Lipinski definition) is 6. The number of ether oxygens (including phenoxy) is 1. The van der Waals surface area contributed by atoms with Gasteiger partial charge in [0.15, 0.2) is 5.82 Å². The molecule has 158 valence electrons. The number of β-amino-alcohol motifs (C(OH)–C–C–N with tert-alkyl or cyclic N) is 1. The van der Waals surface area contributed by atoms with Crippen LogP contribution in [-0.2, 0) is 0 Å². The van der Waals surface area contributed by atoms with Crippen molar-refractivity contribution in [2.75, 3.05) is 45.2 Å². The van der Waals surface area contributed by atoms with Crippen molar-refractivity contribution in [2.45, 2.75) is 38.2 Å². The van der Waals surface area contributed by atoms with Gasteiger partial charge in [-0.05, 0) is 74.8 Å². The van der Waals surface area contributed by atoms with Gasteiger partial charge in [-0.2, -0.15) is 9.97 Å². The summed E-state index contributed by atoms with van der Waals surface area (Å²) in [7, 11) is 4.11. The molecule has 0 bridgehead atoms. The summed E-state index contributed by atoms with van der Waals surface area (Å²) >= 11 is 3.25. The van der Waals surface area contributed by atoms with E-state index in [1.165, 1.54) is 0 Å². The van der Waals surface area contributed by atoms with Crippen molar-refractivity contribution in [3.63, 3.8) is 0 Å². The fourth-order valence-electron chi connectivity index (χ4n) is 4.22. The SMILES string of the molecule is CN(C)CC1(COc2nc(N3CCCC(C)(O)C3)c3ccc(Br)c(F)c3n2)CC1. The molecule has 1 aromatic carbocycles. The van der Waals surface area contributed by atoms with Gasteiger partial charge in [0.2, 0.25) is 0 Å². The average Bonchev–Trinajstić information content (AvgIpc) is 3.41. The molecule has 1 unspecified atom stereocenters. The summed E-state index contributed by atoms with van der Waals surface area (Å²) in [4.78, 5) is 13.2. The van der Waals surface area contributed by atoms with Crippen LogP contribution in [0.1, 0.15) is 32.6 Å². The van der Waals surface area contributed by atoms with Crippen LogP contribution in [0, 0.1) is 11.2 Å². The summed E-state index contributed by atoms with van der Waals surface area (Å²) in [6.45, 7) is 4.49. The topological polar surface area (TPSA) is 61.7 Å². The van der Waals surface area contributed by atoms with Crippen molar-refractivity contribution >= 4 is 32.7 Å². The second-order valence-electron chi connectivity index (χ2n) is 9.14. The van der Waals surface area contributed by atoms with E-state index in [9.17, 15) is 9.50 Å². The number of fused-ring (bicyclic) bond motifs is 1. The highest BCUT2D eigenvalue weighted by Crippen LogP contribution is 2.46. The van der Waals surface area contributed by atoms with Crippen molar-refractivity contribution in [2.24, 2.45) is 5.41 Å². The predicted octanol–water partition coefficient (Wildman–Crippen LogP) is 3.60. The third-order valence-electron chi connectivity index (χ3n) is 5.81. The molecule has 1 aliphatic heterocycles. The zero-order valence-electron chi connectivity index (χ0n) is 17.2. The Morgan fingerprint density at radius 1 is 1.28 bits per heavy atom. The van der Waals surface area contributed by atoms with E-state index < -0.39 is 11.4 Å². The molecule has 2 fully saturated rings. The van der Waals surface area contributed by atoms with Crippen molar-refractivity contribution < 1.29 is 14.2 Å². The van der Waals surface area contributed by atoms with E-state index in [2.05, 4.69) is 44.9 Å². The smallest absolute Gasteiger partial charge is 0.319 e. The van der Waals surface area contributed by atoms with Crippen molar-refractivity contribution in [1.82, 2.24) is 14.9 Å². The summed E-state index contributed by atoms with van der Waals surface area (Å²) in [5, 5.41) is 11.2. The molecule has 1 N–H and O–H groups in total. The summed E-state index contributed by atoms with van der Waals surface area (Å²) < 4.78 is 21.2.